The molecule has 4 heteroatoms. The number of rotatable bonds is 2. The number of aryl methyl sites for hydroxylation is 1. The van der Waals surface area contributed by atoms with E-state index in [-0.39, 0.29) is 0 Å². The molecule has 2 rings (SSSR count). The number of pyridine rings is 1. The van der Waals surface area contributed by atoms with E-state index in [0.29, 0.717) is 6.04 Å². The highest BCUT2D eigenvalue weighted by Gasteiger charge is 2.11. The summed E-state index contributed by atoms with van der Waals surface area (Å²) in [5.41, 5.74) is 2.31. The minimum Gasteiger partial charge on any atom is -0.381 e. The van der Waals surface area contributed by atoms with Crippen LogP contribution in [0.4, 0.5) is 5.69 Å². The van der Waals surface area contributed by atoms with Gasteiger partial charge in [-0.1, -0.05) is 0 Å². The van der Waals surface area contributed by atoms with Crippen LogP contribution in [0.3, 0.4) is 0 Å². The Kier molecular flexibility index (Phi) is 4.18. The van der Waals surface area contributed by atoms with Gasteiger partial charge >= 0.3 is 0 Å². The van der Waals surface area contributed by atoms with Crippen LogP contribution < -0.4 is 10.6 Å². The van der Waals surface area contributed by atoms with E-state index in [9.17, 15) is 0 Å². The summed E-state index contributed by atoms with van der Waals surface area (Å²) in [4.78, 5) is 4.31. The van der Waals surface area contributed by atoms with Gasteiger partial charge < -0.3 is 10.6 Å². The van der Waals surface area contributed by atoms with Crippen LogP contribution >= 0.6 is 15.9 Å². The first-order valence-electron chi connectivity index (χ1n) is 5.85. The van der Waals surface area contributed by atoms with E-state index in [1.54, 1.807) is 0 Å². The predicted octanol–water partition coefficient (Wildman–Crippen LogP) is 2.71. The molecule has 16 heavy (non-hydrogen) atoms. The molecule has 1 unspecified atom stereocenters. The van der Waals surface area contributed by atoms with Gasteiger partial charge in [0.2, 0.25) is 0 Å². The Labute approximate surface area is 105 Å². The maximum absolute atomic E-state index is 4.31. The van der Waals surface area contributed by atoms with Crippen molar-refractivity contribution in [1.82, 2.24) is 10.3 Å². The standard InChI is InChI=1S/C12H18BrN3/c1-9-7-11(8-15-12(9)13)16-10-3-2-5-14-6-4-10/h7-8,10,14,16H,2-6H2,1H3. The van der Waals surface area contributed by atoms with Gasteiger partial charge in [0.1, 0.15) is 4.60 Å². The molecule has 1 saturated heterocycles. The Balaban J connectivity index is 1.99. The lowest BCUT2D eigenvalue weighted by molar-refractivity contribution is 0.637. The van der Waals surface area contributed by atoms with Crippen molar-refractivity contribution in [1.29, 1.82) is 0 Å². The van der Waals surface area contributed by atoms with Crippen molar-refractivity contribution in [3.8, 4) is 0 Å². The van der Waals surface area contributed by atoms with Crippen molar-refractivity contribution < 1.29 is 0 Å². The van der Waals surface area contributed by atoms with Gasteiger partial charge in [-0.25, -0.2) is 4.98 Å². The molecule has 0 aliphatic carbocycles. The fourth-order valence-corrected chi connectivity index (χ4v) is 2.25. The summed E-state index contributed by atoms with van der Waals surface area (Å²) >= 11 is 3.42. The first-order valence-corrected chi connectivity index (χ1v) is 6.64. The molecular weight excluding hydrogens is 266 g/mol. The van der Waals surface area contributed by atoms with E-state index in [1.165, 1.54) is 24.8 Å². The lowest BCUT2D eigenvalue weighted by atomic mass is 10.1. The van der Waals surface area contributed by atoms with Gasteiger partial charge in [-0.2, -0.15) is 0 Å². The first kappa shape index (κ1) is 11.9. The topological polar surface area (TPSA) is 37.0 Å². The molecule has 1 aliphatic rings. The maximum Gasteiger partial charge on any atom is 0.109 e. The zero-order valence-electron chi connectivity index (χ0n) is 9.59. The molecule has 0 aromatic carbocycles. The van der Waals surface area contributed by atoms with Gasteiger partial charge in [0.15, 0.2) is 0 Å². The fraction of sp³-hybridized carbons (Fsp3) is 0.583. The summed E-state index contributed by atoms with van der Waals surface area (Å²) in [6, 6.07) is 2.73. The van der Waals surface area contributed by atoms with E-state index in [2.05, 4.69) is 44.5 Å². The molecule has 88 valence electrons. The first-order chi connectivity index (χ1) is 7.75. The quantitative estimate of drug-likeness (QED) is 0.820. The van der Waals surface area contributed by atoms with E-state index in [0.717, 1.165) is 23.4 Å². The highest BCUT2D eigenvalue weighted by atomic mass is 79.9. The molecule has 1 aromatic heterocycles. The molecule has 1 aromatic rings. The molecule has 0 radical (unpaired) electrons. The summed E-state index contributed by atoms with van der Waals surface area (Å²) in [6.07, 6.45) is 5.58. The number of nitrogens with one attached hydrogen (secondary N) is 2. The molecule has 1 aliphatic heterocycles. The highest BCUT2D eigenvalue weighted by molar-refractivity contribution is 9.10. The predicted molar refractivity (Wildman–Crippen MR) is 70.8 cm³/mol. The Morgan fingerprint density at radius 2 is 2.31 bits per heavy atom. The van der Waals surface area contributed by atoms with Gasteiger partial charge in [0, 0.05) is 6.04 Å². The number of hydrogen-bond donors (Lipinski definition) is 2. The van der Waals surface area contributed by atoms with E-state index >= 15 is 0 Å². The highest BCUT2D eigenvalue weighted by Crippen LogP contribution is 2.19. The lowest BCUT2D eigenvalue weighted by Gasteiger charge is -2.17. The van der Waals surface area contributed by atoms with Crippen molar-refractivity contribution >= 4 is 21.6 Å². The van der Waals surface area contributed by atoms with Gasteiger partial charge in [0.05, 0.1) is 11.9 Å². The Morgan fingerprint density at radius 1 is 1.44 bits per heavy atom. The van der Waals surface area contributed by atoms with Crippen LogP contribution in [0.1, 0.15) is 24.8 Å². The Morgan fingerprint density at radius 3 is 3.12 bits per heavy atom. The van der Waals surface area contributed by atoms with E-state index < -0.39 is 0 Å². The second-order valence-corrected chi connectivity index (χ2v) is 5.11. The molecule has 2 heterocycles. The van der Waals surface area contributed by atoms with Gasteiger partial charge in [0.25, 0.3) is 0 Å². The summed E-state index contributed by atoms with van der Waals surface area (Å²) in [6.45, 7) is 4.33. The SMILES string of the molecule is Cc1cc(NC2CCCNCC2)cnc1Br. The van der Waals surface area contributed by atoms with Crippen LogP contribution in [0.15, 0.2) is 16.9 Å². The normalized spacial score (nSPS) is 21.5. The lowest BCUT2D eigenvalue weighted by Crippen LogP contribution is -2.21. The number of anilines is 1. The van der Waals surface area contributed by atoms with Gasteiger partial charge in [-0.15, -0.1) is 0 Å². The monoisotopic (exact) mass is 283 g/mol. The summed E-state index contributed by atoms with van der Waals surface area (Å²) in [7, 11) is 0. The average Bonchev–Trinajstić information content (AvgIpc) is 2.52. The average molecular weight is 284 g/mol. The van der Waals surface area contributed by atoms with E-state index in [1.807, 2.05) is 6.20 Å². The van der Waals surface area contributed by atoms with Crippen molar-refractivity contribution in [3.05, 3.63) is 22.4 Å². The summed E-state index contributed by atoms with van der Waals surface area (Å²) in [5, 5.41) is 6.99. The van der Waals surface area contributed by atoms with E-state index in [4.69, 9.17) is 0 Å². The number of nitrogens with zero attached hydrogens (tertiary/aromatic N) is 1. The van der Waals surface area contributed by atoms with Gasteiger partial charge in [-0.3, -0.25) is 0 Å². The molecule has 1 atom stereocenters. The van der Waals surface area contributed by atoms with Crippen molar-refractivity contribution in [2.75, 3.05) is 18.4 Å². The van der Waals surface area contributed by atoms with Crippen molar-refractivity contribution in [2.45, 2.75) is 32.2 Å². The molecule has 0 amide bonds. The molecular formula is C12H18BrN3. The van der Waals surface area contributed by atoms with Crippen LogP contribution in [-0.2, 0) is 0 Å². The summed E-state index contributed by atoms with van der Waals surface area (Å²) < 4.78 is 0.931. The third-order valence-electron chi connectivity index (χ3n) is 2.96. The Hall–Kier alpha value is -0.610. The van der Waals surface area contributed by atoms with Crippen LogP contribution in [0.25, 0.3) is 0 Å². The smallest absolute Gasteiger partial charge is 0.109 e. The second-order valence-electron chi connectivity index (χ2n) is 4.35. The fourth-order valence-electron chi connectivity index (χ4n) is 2.04. The van der Waals surface area contributed by atoms with Crippen LogP contribution in [-0.4, -0.2) is 24.1 Å². The molecule has 3 nitrogen and oxygen atoms in total. The zero-order valence-corrected chi connectivity index (χ0v) is 11.2. The molecule has 0 bridgehead atoms. The molecule has 0 saturated carbocycles. The van der Waals surface area contributed by atoms with Crippen LogP contribution in [0.2, 0.25) is 0 Å². The second kappa shape index (κ2) is 5.64. The number of halogens is 1. The third kappa shape index (κ3) is 3.19. The molecule has 0 spiro atoms. The largest absolute Gasteiger partial charge is 0.381 e. The maximum atomic E-state index is 4.31. The van der Waals surface area contributed by atoms with Crippen molar-refractivity contribution in [3.63, 3.8) is 0 Å². The van der Waals surface area contributed by atoms with Crippen LogP contribution in [0.5, 0.6) is 0 Å². The third-order valence-corrected chi connectivity index (χ3v) is 3.79. The molecule has 1 fully saturated rings. The summed E-state index contributed by atoms with van der Waals surface area (Å²) in [5.74, 6) is 0. The molecule has 2 N–H and O–H groups in total. The van der Waals surface area contributed by atoms with Crippen LogP contribution in [0, 0.1) is 6.92 Å². The number of aromatic nitrogens is 1. The van der Waals surface area contributed by atoms with Gasteiger partial charge in [-0.05, 0) is 66.8 Å². The van der Waals surface area contributed by atoms with Crippen molar-refractivity contribution in [2.24, 2.45) is 0 Å². The minimum atomic E-state index is 0.581. The Bertz CT molecular complexity index is 346. The zero-order chi connectivity index (χ0) is 11.4. The number of hydrogen-bond acceptors (Lipinski definition) is 3. The minimum absolute atomic E-state index is 0.581.